The number of methoxy groups -OCH3 is 1. The van der Waals surface area contributed by atoms with Crippen molar-refractivity contribution in [1.29, 1.82) is 0 Å². The molecule has 0 saturated heterocycles. The Bertz CT molecular complexity index is 697. The number of aliphatic hydroxyl groups excluding tert-OH is 1. The number of ketones is 1. The molecule has 1 fully saturated rings. The fraction of sp³-hybridized carbons (Fsp3) is 0.550. The average molecular weight is 349 g/mol. The Morgan fingerprint density at radius 1 is 1.25 bits per heavy atom. The molecule has 2 aliphatic carbocycles. The smallest absolute Gasteiger partial charge is 0.167 e. The largest absolute Gasteiger partial charge is 0.511 e. The van der Waals surface area contributed by atoms with Gasteiger partial charge in [0.05, 0.1) is 5.57 Å². The molecule has 0 heterocycles. The van der Waals surface area contributed by atoms with Gasteiger partial charge in [0.1, 0.15) is 5.76 Å². The van der Waals surface area contributed by atoms with Gasteiger partial charge in [-0.15, -0.1) is 0 Å². The molecule has 0 radical (unpaired) electrons. The van der Waals surface area contributed by atoms with Gasteiger partial charge < -0.3 is 9.84 Å². The van der Waals surface area contributed by atoms with Crippen LogP contribution in [0.15, 0.2) is 17.9 Å². The molecule has 1 aromatic rings. The first-order valence-corrected chi connectivity index (χ1v) is 8.99. The van der Waals surface area contributed by atoms with Crippen LogP contribution >= 0.6 is 11.6 Å². The van der Waals surface area contributed by atoms with E-state index in [0.29, 0.717) is 28.7 Å². The highest BCUT2D eigenvalue weighted by atomic mass is 35.5. The van der Waals surface area contributed by atoms with Gasteiger partial charge in [-0.2, -0.15) is 0 Å². The summed E-state index contributed by atoms with van der Waals surface area (Å²) in [5.74, 6) is 0.891. The SMILES string of the molecule is COCC1CCC2(CC1)CC(=O)C(c1cc(C)c(Cl)cc1C)=C2O. The van der Waals surface area contributed by atoms with Crippen LogP contribution in [0.4, 0.5) is 0 Å². The standard InChI is InChI=1S/C20H25ClO3/c1-12-9-16(21)13(2)8-15(12)18-17(22)10-20(19(18)23)6-4-14(5-7-20)11-24-3/h8-9,14,23H,4-7,10-11H2,1-3H3. The number of carbonyl (C=O) groups is 1. The van der Waals surface area contributed by atoms with E-state index in [2.05, 4.69) is 0 Å². The van der Waals surface area contributed by atoms with E-state index in [4.69, 9.17) is 16.3 Å². The second-order valence-electron chi connectivity index (χ2n) is 7.42. The van der Waals surface area contributed by atoms with Gasteiger partial charge in [-0.3, -0.25) is 4.79 Å². The normalized spacial score (nSPS) is 27.3. The molecule has 2 aliphatic rings. The molecule has 24 heavy (non-hydrogen) atoms. The van der Waals surface area contributed by atoms with Gasteiger partial charge >= 0.3 is 0 Å². The van der Waals surface area contributed by atoms with E-state index in [-0.39, 0.29) is 11.2 Å². The van der Waals surface area contributed by atoms with Gasteiger partial charge in [0.15, 0.2) is 5.78 Å². The molecule has 4 heteroatoms. The molecule has 1 aromatic carbocycles. The number of hydrogen-bond donors (Lipinski definition) is 1. The number of rotatable bonds is 3. The number of allylic oxidation sites excluding steroid dienone is 2. The zero-order valence-electron chi connectivity index (χ0n) is 14.6. The van der Waals surface area contributed by atoms with Crippen molar-refractivity contribution in [1.82, 2.24) is 0 Å². The van der Waals surface area contributed by atoms with E-state index in [1.165, 1.54) is 0 Å². The van der Waals surface area contributed by atoms with Crippen LogP contribution < -0.4 is 0 Å². The predicted molar refractivity (Wildman–Crippen MR) is 96.4 cm³/mol. The van der Waals surface area contributed by atoms with Gasteiger partial charge in [0, 0.05) is 30.6 Å². The Labute approximate surface area is 148 Å². The van der Waals surface area contributed by atoms with Crippen molar-refractivity contribution in [2.45, 2.75) is 46.0 Å². The summed E-state index contributed by atoms with van der Waals surface area (Å²) in [5, 5.41) is 11.7. The van der Waals surface area contributed by atoms with E-state index in [1.807, 2.05) is 26.0 Å². The van der Waals surface area contributed by atoms with Gasteiger partial charge in [0.2, 0.25) is 0 Å². The highest BCUT2D eigenvalue weighted by Crippen LogP contribution is 2.53. The summed E-state index contributed by atoms with van der Waals surface area (Å²) in [4.78, 5) is 12.7. The minimum absolute atomic E-state index is 0.0579. The summed E-state index contributed by atoms with van der Waals surface area (Å²) in [6, 6.07) is 3.80. The molecule has 0 unspecified atom stereocenters. The predicted octanol–water partition coefficient (Wildman–Crippen LogP) is 5.02. The fourth-order valence-corrected chi connectivity index (χ4v) is 4.47. The zero-order valence-corrected chi connectivity index (χ0v) is 15.4. The summed E-state index contributed by atoms with van der Waals surface area (Å²) in [6.45, 7) is 4.62. The summed E-state index contributed by atoms with van der Waals surface area (Å²) < 4.78 is 5.26. The third-order valence-corrected chi connectivity index (χ3v) is 6.16. The van der Waals surface area contributed by atoms with Gasteiger partial charge in [0.25, 0.3) is 0 Å². The van der Waals surface area contributed by atoms with Crippen molar-refractivity contribution in [2.75, 3.05) is 13.7 Å². The third kappa shape index (κ3) is 2.89. The van der Waals surface area contributed by atoms with Crippen LogP contribution in [0.1, 0.15) is 48.8 Å². The van der Waals surface area contributed by atoms with Crippen molar-refractivity contribution in [3.8, 4) is 0 Å². The lowest BCUT2D eigenvalue weighted by Gasteiger charge is -2.36. The monoisotopic (exact) mass is 348 g/mol. The summed E-state index contributed by atoms with van der Waals surface area (Å²) >= 11 is 6.18. The molecule has 0 atom stereocenters. The Balaban J connectivity index is 1.96. The highest BCUT2D eigenvalue weighted by molar-refractivity contribution is 6.31. The first-order chi connectivity index (χ1) is 11.4. The maximum absolute atomic E-state index is 12.7. The Kier molecular flexibility index (Phi) is 4.76. The third-order valence-electron chi connectivity index (χ3n) is 5.76. The lowest BCUT2D eigenvalue weighted by molar-refractivity contribution is -0.115. The maximum atomic E-state index is 12.7. The quantitative estimate of drug-likeness (QED) is 0.834. The van der Waals surface area contributed by atoms with Crippen LogP contribution in [-0.2, 0) is 9.53 Å². The lowest BCUT2D eigenvalue weighted by atomic mass is 9.69. The molecular formula is C20H25ClO3. The number of halogens is 1. The number of aliphatic hydroxyl groups is 1. The first-order valence-electron chi connectivity index (χ1n) is 8.61. The summed E-state index contributed by atoms with van der Waals surface area (Å²) in [7, 11) is 1.73. The fourth-order valence-electron chi connectivity index (χ4n) is 4.25. The van der Waals surface area contributed by atoms with Gasteiger partial charge in [-0.25, -0.2) is 0 Å². The number of hydrogen-bond acceptors (Lipinski definition) is 3. The topological polar surface area (TPSA) is 46.5 Å². The van der Waals surface area contributed by atoms with E-state index in [1.54, 1.807) is 7.11 Å². The number of Topliss-reactive ketones (excluding diaryl/α,β-unsaturated/α-hetero) is 1. The van der Waals surface area contributed by atoms with Crippen molar-refractivity contribution < 1.29 is 14.6 Å². The second-order valence-corrected chi connectivity index (χ2v) is 7.83. The number of carbonyl (C=O) groups excluding carboxylic acids is 1. The van der Waals surface area contributed by atoms with E-state index >= 15 is 0 Å². The molecule has 0 aliphatic heterocycles. The van der Waals surface area contributed by atoms with Crippen LogP contribution in [0.5, 0.6) is 0 Å². The molecule has 0 amide bonds. The zero-order chi connectivity index (χ0) is 17.5. The number of ether oxygens (including phenoxy) is 1. The lowest BCUT2D eigenvalue weighted by Crippen LogP contribution is -2.29. The number of benzene rings is 1. The van der Waals surface area contributed by atoms with E-state index in [0.717, 1.165) is 49.0 Å². The second kappa shape index (κ2) is 6.53. The first kappa shape index (κ1) is 17.5. The van der Waals surface area contributed by atoms with Crippen LogP contribution in [0.3, 0.4) is 0 Å². The van der Waals surface area contributed by atoms with Gasteiger partial charge in [-0.1, -0.05) is 11.6 Å². The van der Waals surface area contributed by atoms with Crippen LogP contribution in [0.2, 0.25) is 5.02 Å². The number of aryl methyl sites for hydroxylation is 2. The van der Waals surface area contributed by atoms with Crippen molar-refractivity contribution in [2.24, 2.45) is 11.3 Å². The van der Waals surface area contributed by atoms with Crippen molar-refractivity contribution in [3.05, 3.63) is 39.6 Å². The molecule has 3 rings (SSSR count). The minimum atomic E-state index is -0.364. The molecule has 1 N–H and O–H groups in total. The molecular weight excluding hydrogens is 324 g/mol. The average Bonchev–Trinajstić information content (AvgIpc) is 2.77. The van der Waals surface area contributed by atoms with Crippen molar-refractivity contribution >= 4 is 23.0 Å². The van der Waals surface area contributed by atoms with Crippen LogP contribution in [0, 0.1) is 25.2 Å². The minimum Gasteiger partial charge on any atom is -0.511 e. The van der Waals surface area contributed by atoms with Crippen molar-refractivity contribution in [3.63, 3.8) is 0 Å². The molecule has 130 valence electrons. The molecule has 0 aromatic heterocycles. The Morgan fingerprint density at radius 3 is 2.54 bits per heavy atom. The molecule has 0 bridgehead atoms. The van der Waals surface area contributed by atoms with Crippen LogP contribution in [0.25, 0.3) is 5.57 Å². The molecule has 1 spiro atoms. The maximum Gasteiger partial charge on any atom is 0.167 e. The van der Waals surface area contributed by atoms with E-state index in [9.17, 15) is 9.90 Å². The summed E-state index contributed by atoms with van der Waals surface area (Å²) in [5.41, 5.74) is 2.84. The van der Waals surface area contributed by atoms with Crippen LogP contribution in [-0.4, -0.2) is 24.6 Å². The highest BCUT2D eigenvalue weighted by Gasteiger charge is 2.48. The van der Waals surface area contributed by atoms with E-state index < -0.39 is 0 Å². The Morgan fingerprint density at radius 2 is 1.92 bits per heavy atom. The van der Waals surface area contributed by atoms with Gasteiger partial charge in [-0.05, 0) is 74.3 Å². The summed E-state index contributed by atoms with van der Waals surface area (Å²) in [6.07, 6.45) is 4.13. The molecule has 3 nitrogen and oxygen atoms in total. The molecule has 1 saturated carbocycles. The Hall–Kier alpha value is -1.32.